The summed E-state index contributed by atoms with van der Waals surface area (Å²) >= 11 is 0. The summed E-state index contributed by atoms with van der Waals surface area (Å²) in [6.07, 6.45) is 3.70. The van der Waals surface area contributed by atoms with Crippen molar-refractivity contribution in [1.82, 2.24) is 10.6 Å². The maximum atomic E-state index is 12.1. The summed E-state index contributed by atoms with van der Waals surface area (Å²) in [5, 5.41) is 6.49. The van der Waals surface area contributed by atoms with Crippen LogP contribution in [0.4, 0.5) is 0 Å². The van der Waals surface area contributed by atoms with Crippen molar-refractivity contribution in [1.29, 1.82) is 0 Å². The van der Waals surface area contributed by atoms with Crippen molar-refractivity contribution in [2.45, 2.75) is 44.6 Å². The minimum Gasteiger partial charge on any atom is -0.353 e. The molecule has 1 amide bonds. The first kappa shape index (κ1) is 14.1. The molecule has 1 aromatic carbocycles. The molecule has 1 fully saturated rings. The largest absolute Gasteiger partial charge is 0.353 e. The van der Waals surface area contributed by atoms with Crippen LogP contribution in [-0.4, -0.2) is 25.0 Å². The molecule has 1 atom stereocenters. The van der Waals surface area contributed by atoms with Crippen molar-refractivity contribution in [3.8, 4) is 0 Å². The molecule has 2 rings (SSSR count). The van der Waals surface area contributed by atoms with Crippen LogP contribution in [0.1, 0.15) is 44.1 Å². The van der Waals surface area contributed by atoms with Gasteiger partial charge in [-0.1, -0.05) is 37.3 Å². The highest BCUT2D eigenvalue weighted by Crippen LogP contribution is 2.22. The highest BCUT2D eigenvalue weighted by molar-refractivity contribution is 5.77. The molecule has 0 bridgehead atoms. The first-order chi connectivity index (χ1) is 9.29. The second-order valence-electron chi connectivity index (χ2n) is 5.31. The predicted molar refractivity (Wildman–Crippen MR) is 78.1 cm³/mol. The van der Waals surface area contributed by atoms with Gasteiger partial charge >= 0.3 is 0 Å². The molecule has 19 heavy (non-hydrogen) atoms. The molecule has 1 unspecified atom stereocenters. The Hall–Kier alpha value is -1.35. The van der Waals surface area contributed by atoms with Gasteiger partial charge in [-0.2, -0.15) is 0 Å². The zero-order chi connectivity index (χ0) is 13.5. The Morgan fingerprint density at radius 2 is 2.00 bits per heavy atom. The summed E-state index contributed by atoms with van der Waals surface area (Å²) in [4.78, 5) is 12.1. The van der Waals surface area contributed by atoms with Crippen LogP contribution in [0.2, 0.25) is 0 Å². The third-order valence-corrected chi connectivity index (χ3v) is 3.90. The minimum absolute atomic E-state index is 0.197. The van der Waals surface area contributed by atoms with Crippen LogP contribution in [0.15, 0.2) is 30.3 Å². The van der Waals surface area contributed by atoms with Gasteiger partial charge in [0.15, 0.2) is 0 Å². The van der Waals surface area contributed by atoms with Crippen molar-refractivity contribution in [2.75, 3.05) is 13.1 Å². The molecule has 1 aliphatic heterocycles. The van der Waals surface area contributed by atoms with Gasteiger partial charge in [-0.25, -0.2) is 0 Å². The van der Waals surface area contributed by atoms with Crippen LogP contribution in [0.3, 0.4) is 0 Å². The number of hydrogen-bond acceptors (Lipinski definition) is 2. The molecule has 0 saturated carbocycles. The summed E-state index contributed by atoms with van der Waals surface area (Å²) in [5.41, 5.74) is 1.27. The van der Waals surface area contributed by atoms with Gasteiger partial charge in [0.05, 0.1) is 0 Å². The van der Waals surface area contributed by atoms with Gasteiger partial charge in [-0.3, -0.25) is 4.79 Å². The molecule has 104 valence electrons. The summed E-state index contributed by atoms with van der Waals surface area (Å²) < 4.78 is 0. The first-order valence-corrected chi connectivity index (χ1v) is 7.34. The molecule has 1 saturated heterocycles. The topological polar surface area (TPSA) is 41.1 Å². The third-order valence-electron chi connectivity index (χ3n) is 3.90. The van der Waals surface area contributed by atoms with E-state index in [1.54, 1.807) is 0 Å². The number of piperidine rings is 1. The lowest BCUT2D eigenvalue weighted by Gasteiger charge is -2.24. The molecule has 1 aliphatic rings. The number of amides is 1. The molecular formula is C16H24N2O. The van der Waals surface area contributed by atoms with Gasteiger partial charge < -0.3 is 10.6 Å². The second kappa shape index (κ2) is 7.29. The van der Waals surface area contributed by atoms with Crippen LogP contribution >= 0.6 is 0 Å². The fraction of sp³-hybridized carbons (Fsp3) is 0.562. The SMILES string of the molecule is CCC(CC(=O)NC1CCNCC1)c1ccccc1. The van der Waals surface area contributed by atoms with Crippen LogP contribution in [0, 0.1) is 0 Å². The number of hydrogen-bond donors (Lipinski definition) is 2. The highest BCUT2D eigenvalue weighted by Gasteiger charge is 2.18. The quantitative estimate of drug-likeness (QED) is 0.854. The van der Waals surface area contributed by atoms with Crippen LogP contribution in [0.25, 0.3) is 0 Å². The number of carbonyl (C=O) groups excluding carboxylic acids is 1. The predicted octanol–water partition coefficient (Wildman–Crippen LogP) is 2.44. The Bertz CT molecular complexity index is 385. The number of benzene rings is 1. The fourth-order valence-corrected chi connectivity index (χ4v) is 2.70. The molecule has 0 spiro atoms. The van der Waals surface area contributed by atoms with E-state index in [1.807, 2.05) is 18.2 Å². The fourth-order valence-electron chi connectivity index (χ4n) is 2.70. The van der Waals surface area contributed by atoms with Gasteiger partial charge in [-0.15, -0.1) is 0 Å². The van der Waals surface area contributed by atoms with E-state index in [2.05, 4.69) is 29.7 Å². The van der Waals surface area contributed by atoms with Gasteiger partial charge in [0.1, 0.15) is 0 Å². The van der Waals surface area contributed by atoms with E-state index in [0.717, 1.165) is 32.4 Å². The smallest absolute Gasteiger partial charge is 0.220 e. The third kappa shape index (κ3) is 4.35. The maximum absolute atomic E-state index is 12.1. The lowest BCUT2D eigenvalue weighted by atomic mass is 9.92. The Morgan fingerprint density at radius 1 is 1.32 bits per heavy atom. The van der Waals surface area contributed by atoms with Gasteiger partial charge in [0.25, 0.3) is 0 Å². The average molecular weight is 260 g/mol. The van der Waals surface area contributed by atoms with Crippen LogP contribution in [-0.2, 0) is 4.79 Å². The van der Waals surface area contributed by atoms with Crippen molar-refractivity contribution < 1.29 is 4.79 Å². The number of nitrogens with one attached hydrogen (secondary N) is 2. The molecular weight excluding hydrogens is 236 g/mol. The van der Waals surface area contributed by atoms with E-state index in [9.17, 15) is 4.79 Å². The van der Waals surface area contributed by atoms with Gasteiger partial charge in [0, 0.05) is 12.5 Å². The van der Waals surface area contributed by atoms with Gasteiger partial charge in [0.2, 0.25) is 5.91 Å². The first-order valence-electron chi connectivity index (χ1n) is 7.34. The zero-order valence-electron chi connectivity index (χ0n) is 11.7. The Morgan fingerprint density at radius 3 is 2.63 bits per heavy atom. The maximum Gasteiger partial charge on any atom is 0.220 e. The van der Waals surface area contributed by atoms with Crippen molar-refractivity contribution >= 4 is 5.91 Å². The van der Waals surface area contributed by atoms with E-state index in [0.29, 0.717) is 18.4 Å². The van der Waals surface area contributed by atoms with Crippen LogP contribution in [0.5, 0.6) is 0 Å². The standard InChI is InChI=1S/C16H24N2O/c1-2-13(14-6-4-3-5-7-14)12-16(19)18-15-8-10-17-11-9-15/h3-7,13,15,17H,2,8-12H2,1H3,(H,18,19). The minimum atomic E-state index is 0.197. The number of carbonyl (C=O) groups is 1. The van der Waals surface area contributed by atoms with Gasteiger partial charge in [-0.05, 0) is 43.8 Å². The van der Waals surface area contributed by atoms with E-state index >= 15 is 0 Å². The van der Waals surface area contributed by atoms with Crippen LogP contribution < -0.4 is 10.6 Å². The monoisotopic (exact) mass is 260 g/mol. The second-order valence-corrected chi connectivity index (χ2v) is 5.31. The Labute approximate surface area is 115 Å². The van der Waals surface area contributed by atoms with Crippen molar-refractivity contribution in [3.05, 3.63) is 35.9 Å². The number of rotatable bonds is 5. The molecule has 0 aliphatic carbocycles. The normalized spacial score (nSPS) is 17.9. The van der Waals surface area contributed by atoms with Crippen molar-refractivity contribution in [3.63, 3.8) is 0 Å². The lowest BCUT2D eigenvalue weighted by Crippen LogP contribution is -2.43. The Kier molecular flexibility index (Phi) is 5.40. The molecule has 3 heteroatoms. The van der Waals surface area contributed by atoms with E-state index in [-0.39, 0.29) is 5.91 Å². The molecule has 0 radical (unpaired) electrons. The van der Waals surface area contributed by atoms with E-state index in [1.165, 1.54) is 5.56 Å². The molecule has 0 aromatic heterocycles. The summed E-state index contributed by atoms with van der Waals surface area (Å²) in [6.45, 7) is 4.18. The van der Waals surface area contributed by atoms with E-state index in [4.69, 9.17) is 0 Å². The van der Waals surface area contributed by atoms with E-state index < -0.39 is 0 Å². The van der Waals surface area contributed by atoms with Crippen molar-refractivity contribution in [2.24, 2.45) is 0 Å². The highest BCUT2D eigenvalue weighted by atomic mass is 16.1. The molecule has 3 nitrogen and oxygen atoms in total. The summed E-state index contributed by atoms with van der Waals surface area (Å²) in [7, 11) is 0. The Balaban J connectivity index is 1.85. The molecule has 1 aromatic rings. The average Bonchev–Trinajstić information content (AvgIpc) is 2.47. The molecule has 1 heterocycles. The molecule has 2 N–H and O–H groups in total. The summed E-state index contributed by atoms with van der Waals surface area (Å²) in [5.74, 6) is 0.533. The zero-order valence-corrected chi connectivity index (χ0v) is 11.7. The summed E-state index contributed by atoms with van der Waals surface area (Å²) in [6, 6.07) is 10.7. The lowest BCUT2D eigenvalue weighted by molar-refractivity contribution is -0.122.